The largest absolute Gasteiger partial charge is 0.461 e. The third-order valence-corrected chi connectivity index (χ3v) is 8.49. The van der Waals surface area contributed by atoms with Crippen molar-refractivity contribution in [2.24, 2.45) is 5.73 Å². The van der Waals surface area contributed by atoms with E-state index in [-0.39, 0.29) is 5.60 Å². The average Bonchev–Trinajstić information content (AvgIpc) is 3.43. The fourth-order valence-corrected chi connectivity index (χ4v) is 6.37. The van der Waals surface area contributed by atoms with E-state index in [1.165, 1.54) is 10.4 Å². The van der Waals surface area contributed by atoms with Gasteiger partial charge in [-0.15, -0.1) is 11.3 Å². The Morgan fingerprint density at radius 1 is 1.28 bits per heavy atom. The zero-order chi connectivity index (χ0) is 22.2. The Kier molecular flexibility index (Phi) is 6.24. The van der Waals surface area contributed by atoms with Gasteiger partial charge in [-0.25, -0.2) is 9.97 Å². The van der Waals surface area contributed by atoms with Crippen LogP contribution in [0.3, 0.4) is 0 Å². The molecule has 32 heavy (non-hydrogen) atoms. The predicted octanol–water partition coefficient (Wildman–Crippen LogP) is 3.05. The summed E-state index contributed by atoms with van der Waals surface area (Å²) in [5.74, 6) is 0. The molecule has 2 aromatic rings. The molecule has 3 atom stereocenters. The lowest BCUT2D eigenvalue weighted by Gasteiger charge is -2.47. The van der Waals surface area contributed by atoms with Crippen LogP contribution >= 0.6 is 11.3 Å². The summed E-state index contributed by atoms with van der Waals surface area (Å²) < 4.78 is 17.6. The van der Waals surface area contributed by atoms with E-state index in [1.807, 2.05) is 23.7 Å². The Hall–Kier alpha value is -1.58. The molecule has 1 spiro atoms. The van der Waals surface area contributed by atoms with Crippen LogP contribution in [0.15, 0.2) is 18.5 Å². The summed E-state index contributed by atoms with van der Waals surface area (Å²) in [7, 11) is 0. The smallest absolute Gasteiger partial charge is 0.316 e. The van der Waals surface area contributed by atoms with Crippen molar-refractivity contribution in [3.63, 3.8) is 0 Å². The molecule has 2 N–H and O–H groups in total. The summed E-state index contributed by atoms with van der Waals surface area (Å²) in [5.41, 5.74) is 8.28. The van der Waals surface area contributed by atoms with E-state index >= 15 is 0 Å². The molecule has 0 amide bonds. The van der Waals surface area contributed by atoms with Gasteiger partial charge in [0.15, 0.2) is 0 Å². The third kappa shape index (κ3) is 4.43. The molecule has 174 valence electrons. The third-order valence-electron chi connectivity index (χ3n) is 7.15. The molecule has 8 heteroatoms. The lowest BCUT2D eigenvalue weighted by Crippen LogP contribution is -2.50. The van der Waals surface area contributed by atoms with E-state index in [2.05, 4.69) is 34.8 Å². The van der Waals surface area contributed by atoms with Gasteiger partial charge in [0.2, 0.25) is 0 Å². The lowest BCUT2D eigenvalue weighted by atomic mass is 9.79. The van der Waals surface area contributed by atoms with E-state index in [9.17, 15) is 0 Å². The van der Waals surface area contributed by atoms with Crippen LogP contribution in [0, 0.1) is 0 Å². The zero-order valence-corrected chi connectivity index (χ0v) is 20.0. The van der Waals surface area contributed by atoms with Crippen molar-refractivity contribution in [1.29, 1.82) is 0 Å². The van der Waals surface area contributed by atoms with Crippen LogP contribution < -0.4 is 10.5 Å². The molecule has 0 radical (unpaired) electrons. The van der Waals surface area contributed by atoms with Gasteiger partial charge in [-0.05, 0) is 44.2 Å². The Morgan fingerprint density at radius 3 is 2.84 bits per heavy atom. The average molecular weight is 459 g/mol. The standard InChI is InChI=1S/C24H34N4O3S/c1-3-19-10-20-21(32-19)4-8-31-24(20)5-7-28(17(2)11-24)14-18-12-26-22(27-13-18)30-16-23(25)6-9-29-15-23/h10,12-13,17H,3-9,11,14-16,25H2,1-2H3/t17-,23?,24+/m0/s1. The fourth-order valence-electron chi connectivity index (χ4n) is 5.19. The number of hydrogen-bond donors (Lipinski definition) is 1. The van der Waals surface area contributed by atoms with Crippen LogP contribution in [0.5, 0.6) is 6.01 Å². The first-order valence-electron chi connectivity index (χ1n) is 11.8. The number of ether oxygens (including phenoxy) is 3. The SMILES string of the molecule is CCc1cc2c(s1)CCO[C@@]21CCN(Cc2cnc(OCC3(N)CCOC3)nc2)[C@@H](C)C1. The molecule has 0 bridgehead atoms. The molecule has 0 aromatic carbocycles. The van der Waals surface area contributed by atoms with Gasteiger partial charge in [0.1, 0.15) is 6.61 Å². The maximum atomic E-state index is 6.47. The Bertz CT molecular complexity index is 928. The molecule has 2 aromatic heterocycles. The van der Waals surface area contributed by atoms with Gasteiger partial charge >= 0.3 is 6.01 Å². The highest BCUT2D eigenvalue weighted by molar-refractivity contribution is 7.12. The lowest BCUT2D eigenvalue weighted by molar-refractivity contribution is -0.112. The summed E-state index contributed by atoms with van der Waals surface area (Å²) in [4.78, 5) is 14.4. The monoisotopic (exact) mass is 458 g/mol. The minimum Gasteiger partial charge on any atom is -0.461 e. The molecule has 3 aliphatic heterocycles. The second-order valence-electron chi connectivity index (χ2n) is 9.60. The number of thiophene rings is 1. The Balaban J connectivity index is 1.19. The van der Waals surface area contributed by atoms with Crippen molar-refractivity contribution in [2.75, 3.05) is 33.0 Å². The molecule has 1 unspecified atom stereocenters. The van der Waals surface area contributed by atoms with E-state index in [0.29, 0.717) is 31.9 Å². The van der Waals surface area contributed by atoms with E-state index in [1.54, 1.807) is 4.88 Å². The van der Waals surface area contributed by atoms with Crippen molar-refractivity contribution in [3.8, 4) is 6.01 Å². The van der Waals surface area contributed by atoms with E-state index < -0.39 is 5.54 Å². The van der Waals surface area contributed by atoms with Crippen molar-refractivity contribution < 1.29 is 14.2 Å². The van der Waals surface area contributed by atoms with Crippen LogP contribution in [-0.4, -0.2) is 59.4 Å². The van der Waals surface area contributed by atoms with E-state index in [0.717, 1.165) is 57.4 Å². The number of aromatic nitrogens is 2. The van der Waals surface area contributed by atoms with Gasteiger partial charge in [-0.1, -0.05) is 6.92 Å². The van der Waals surface area contributed by atoms with Crippen LogP contribution in [0.2, 0.25) is 0 Å². The number of hydrogen-bond acceptors (Lipinski definition) is 8. The van der Waals surface area contributed by atoms with Crippen LogP contribution in [0.4, 0.5) is 0 Å². The summed E-state index contributed by atoms with van der Waals surface area (Å²) in [6, 6.07) is 3.22. The van der Waals surface area contributed by atoms with Crippen LogP contribution in [-0.2, 0) is 34.5 Å². The molecule has 2 saturated heterocycles. The second-order valence-corrected chi connectivity index (χ2v) is 10.8. The molecule has 0 aliphatic carbocycles. The first kappa shape index (κ1) is 22.2. The molecule has 3 aliphatic rings. The summed E-state index contributed by atoms with van der Waals surface area (Å²) in [6.07, 6.45) is 8.77. The number of nitrogens with zero attached hydrogens (tertiary/aromatic N) is 3. The first-order valence-corrected chi connectivity index (χ1v) is 12.6. The summed E-state index contributed by atoms with van der Waals surface area (Å²) in [5, 5.41) is 0. The molecule has 7 nitrogen and oxygen atoms in total. The molecular formula is C24H34N4O3S. The van der Waals surface area contributed by atoms with Gasteiger partial charge in [0.25, 0.3) is 0 Å². The van der Waals surface area contributed by atoms with E-state index in [4.69, 9.17) is 19.9 Å². The Morgan fingerprint density at radius 2 is 2.12 bits per heavy atom. The first-order chi connectivity index (χ1) is 15.5. The van der Waals surface area contributed by atoms with Gasteiger partial charge < -0.3 is 19.9 Å². The van der Waals surface area contributed by atoms with Crippen molar-refractivity contribution in [2.45, 2.75) is 69.7 Å². The number of rotatable bonds is 6. The fraction of sp³-hybridized carbons (Fsp3) is 0.667. The molecule has 5 rings (SSSR count). The van der Waals surface area contributed by atoms with Crippen molar-refractivity contribution in [3.05, 3.63) is 39.3 Å². The molecular weight excluding hydrogens is 424 g/mol. The van der Waals surface area contributed by atoms with Gasteiger partial charge in [-0.2, -0.15) is 0 Å². The maximum absolute atomic E-state index is 6.47. The minimum absolute atomic E-state index is 0.107. The molecule has 5 heterocycles. The minimum atomic E-state index is -0.428. The predicted molar refractivity (Wildman–Crippen MR) is 124 cm³/mol. The number of piperidine rings is 1. The molecule has 2 fully saturated rings. The van der Waals surface area contributed by atoms with Gasteiger partial charge in [0, 0.05) is 59.9 Å². The summed E-state index contributed by atoms with van der Waals surface area (Å²) >= 11 is 1.98. The highest BCUT2D eigenvalue weighted by Crippen LogP contribution is 2.46. The number of nitrogens with two attached hydrogens (primary N) is 1. The summed E-state index contributed by atoms with van der Waals surface area (Å²) in [6.45, 7) is 8.83. The number of fused-ring (bicyclic) bond motifs is 2. The van der Waals surface area contributed by atoms with Gasteiger partial charge in [-0.3, -0.25) is 4.90 Å². The number of aryl methyl sites for hydroxylation is 1. The Labute approximate surface area is 194 Å². The van der Waals surface area contributed by atoms with Crippen molar-refractivity contribution in [1.82, 2.24) is 14.9 Å². The highest BCUT2D eigenvalue weighted by atomic mass is 32.1. The maximum Gasteiger partial charge on any atom is 0.316 e. The van der Waals surface area contributed by atoms with Crippen LogP contribution in [0.1, 0.15) is 54.0 Å². The zero-order valence-electron chi connectivity index (χ0n) is 19.1. The number of likely N-dealkylation sites (tertiary alicyclic amines) is 1. The topological polar surface area (TPSA) is 82.7 Å². The van der Waals surface area contributed by atoms with Crippen molar-refractivity contribution >= 4 is 11.3 Å². The highest BCUT2D eigenvalue weighted by Gasteiger charge is 2.44. The molecule has 0 saturated carbocycles. The second kappa shape index (κ2) is 8.99. The van der Waals surface area contributed by atoms with Gasteiger partial charge in [0.05, 0.1) is 24.4 Å². The van der Waals surface area contributed by atoms with Crippen LogP contribution in [0.25, 0.3) is 0 Å². The normalized spacial score (nSPS) is 30.5. The quantitative estimate of drug-likeness (QED) is 0.712.